The summed E-state index contributed by atoms with van der Waals surface area (Å²) in [5.41, 5.74) is 6.96. The molecule has 58 heavy (non-hydrogen) atoms. The maximum atomic E-state index is 13.9. The Balaban J connectivity index is 1.30. The van der Waals surface area contributed by atoms with Crippen molar-refractivity contribution in [1.82, 2.24) is 41.1 Å². The summed E-state index contributed by atoms with van der Waals surface area (Å²) in [6.45, 7) is 1.58. The fourth-order valence-electron chi connectivity index (χ4n) is 6.57. The van der Waals surface area contributed by atoms with Gasteiger partial charge in [0.1, 0.15) is 36.1 Å². The van der Waals surface area contributed by atoms with Crippen molar-refractivity contribution in [1.29, 1.82) is 0 Å². The predicted octanol–water partition coefficient (Wildman–Crippen LogP) is -0.879. The number of aromatic hydroxyl groups is 1. The third kappa shape index (κ3) is 11.5. The molecule has 12 N–H and O–H groups in total. The zero-order valence-corrected chi connectivity index (χ0v) is 32.0. The number of aliphatic hydroxyl groups is 2. The van der Waals surface area contributed by atoms with E-state index in [-0.39, 0.29) is 18.6 Å². The largest absolute Gasteiger partial charge is 0.508 e. The molecule has 7 atom stereocenters. The van der Waals surface area contributed by atoms with Crippen LogP contribution in [0.25, 0.3) is 10.9 Å². The van der Waals surface area contributed by atoms with Gasteiger partial charge in [0.05, 0.1) is 6.04 Å². The highest BCUT2D eigenvalue weighted by molar-refractivity contribution is 5.93. The Hall–Kier alpha value is -6.02. The molecule has 0 aliphatic carbocycles. The summed E-state index contributed by atoms with van der Waals surface area (Å²) < 4.78 is 6.59. The molecule has 2 aromatic heterocycles. The molecule has 312 valence electrons. The SMILES string of the molecule is CCCCCCNC(=O)N[C@@H](Cc1ccc(O)cc1)C(=O)N[C@@H](CNC(=O)[C@@H](N)Cc1c[nH]c2ccccc12)C(=O)NC[C@H]1O[C@@H](n2ccc(=O)[nH]c2=O)[C@H](O)[C@@H]1O. The number of urea groups is 1. The molecule has 0 unspecified atom stereocenters. The van der Waals surface area contributed by atoms with E-state index >= 15 is 0 Å². The minimum absolute atomic E-state index is 0.00104. The number of carbonyl (C=O) groups excluding carboxylic acids is 4. The number of nitrogens with one attached hydrogen (secondary N) is 7. The summed E-state index contributed by atoms with van der Waals surface area (Å²) >= 11 is 0. The van der Waals surface area contributed by atoms with Crippen LogP contribution in [0.3, 0.4) is 0 Å². The number of unbranched alkanes of at least 4 members (excludes halogenated alkanes) is 3. The van der Waals surface area contributed by atoms with Gasteiger partial charge >= 0.3 is 11.7 Å². The molecule has 0 saturated carbocycles. The van der Waals surface area contributed by atoms with Crippen molar-refractivity contribution >= 4 is 34.7 Å². The molecule has 1 fully saturated rings. The van der Waals surface area contributed by atoms with Crippen LogP contribution >= 0.6 is 0 Å². The van der Waals surface area contributed by atoms with Gasteiger partial charge in [-0.1, -0.05) is 56.5 Å². The van der Waals surface area contributed by atoms with Crippen LogP contribution in [0.4, 0.5) is 4.79 Å². The number of nitrogens with zero attached hydrogens (tertiary/aromatic N) is 1. The van der Waals surface area contributed by atoms with Gasteiger partial charge in [0.2, 0.25) is 17.7 Å². The quantitative estimate of drug-likeness (QED) is 0.0518. The van der Waals surface area contributed by atoms with Crippen molar-refractivity contribution < 1.29 is 39.2 Å². The number of aliphatic hydroxyl groups excluding tert-OH is 2. The number of H-pyrrole nitrogens is 2. The summed E-state index contributed by atoms with van der Waals surface area (Å²) in [6.07, 6.45) is 0.786. The molecule has 5 amide bonds. The van der Waals surface area contributed by atoms with E-state index in [2.05, 4.69) is 38.5 Å². The van der Waals surface area contributed by atoms with E-state index in [1.165, 1.54) is 12.1 Å². The van der Waals surface area contributed by atoms with E-state index in [9.17, 15) is 44.1 Å². The van der Waals surface area contributed by atoms with Gasteiger partial charge in [-0.2, -0.15) is 0 Å². The average molecular weight is 806 g/mol. The van der Waals surface area contributed by atoms with Gasteiger partial charge in [0.25, 0.3) is 5.56 Å². The third-order valence-electron chi connectivity index (χ3n) is 9.82. The molecular formula is C39H51N9O10. The molecule has 1 saturated heterocycles. The second-order valence-corrected chi connectivity index (χ2v) is 14.2. The summed E-state index contributed by atoms with van der Waals surface area (Å²) in [6, 6.07) is 10.2. The van der Waals surface area contributed by atoms with Crippen LogP contribution < -0.4 is 43.6 Å². The van der Waals surface area contributed by atoms with Crippen molar-refractivity contribution in [3.8, 4) is 5.75 Å². The number of phenols is 1. The van der Waals surface area contributed by atoms with Crippen LogP contribution in [0.15, 0.2) is 76.6 Å². The first kappa shape index (κ1) is 43.1. The molecule has 1 aliphatic heterocycles. The molecule has 3 heterocycles. The number of amides is 5. The molecule has 5 rings (SSSR count). The minimum atomic E-state index is -1.62. The van der Waals surface area contributed by atoms with E-state index in [4.69, 9.17) is 10.5 Å². The second-order valence-electron chi connectivity index (χ2n) is 14.2. The van der Waals surface area contributed by atoms with E-state index in [0.717, 1.165) is 59.0 Å². The summed E-state index contributed by atoms with van der Waals surface area (Å²) in [5, 5.41) is 45.3. The van der Waals surface area contributed by atoms with Gasteiger partial charge in [-0.3, -0.25) is 28.7 Å². The van der Waals surface area contributed by atoms with Gasteiger partial charge in [0, 0.05) is 55.4 Å². The highest BCUT2D eigenvalue weighted by atomic mass is 16.6. The van der Waals surface area contributed by atoms with Crippen LogP contribution in [0, 0.1) is 0 Å². The Morgan fingerprint density at radius 2 is 1.62 bits per heavy atom. The second kappa shape index (κ2) is 20.4. The number of benzene rings is 2. The van der Waals surface area contributed by atoms with Gasteiger partial charge in [0.15, 0.2) is 6.23 Å². The first-order valence-corrected chi connectivity index (χ1v) is 19.2. The summed E-state index contributed by atoms with van der Waals surface area (Å²) in [7, 11) is 0. The highest BCUT2D eigenvalue weighted by Crippen LogP contribution is 2.28. The van der Waals surface area contributed by atoms with Gasteiger partial charge in [-0.25, -0.2) is 9.59 Å². The first-order valence-electron chi connectivity index (χ1n) is 19.2. The average Bonchev–Trinajstić information content (AvgIpc) is 3.74. The number of fused-ring (bicyclic) bond motifs is 1. The van der Waals surface area contributed by atoms with E-state index in [0.29, 0.717) is 12.1 Å². The molecule has 19 nitrogen and oxygen atoms in total. The standard InChI is InChI=1S/C39H51N9O10/c1-2-3-4-7-15-41-38(56)46-28(17-22-10-12-24(49)13-11-22)36(55)45-29(20-43-34(53)26(40)18-23-19-42-27-9-6-5-8-25(23)27)35(54)44-21-30-32(51)33(52)37(58-30)48-16-14-31(50)47-39(48)57/h5-6,8-14,16,19,26,28-30,32-33,37,42,49,51-52H,2-4,7,15,17-18,20-21,40H2,1H3,(H,43,53)(H,44,54)(H,45,55)(H2,41,46,56)(H,47,50,57)/t26-,28-,29-,30+,32+,33+,37+/m0/s1. The molecule has 1 aliphatic rings. The fraction of sp³-hybridized carbons (Fsp3) is 0.436. The molecule has 0 bridgehead atoms. The zero-order chi connectivity index (χ0) is 41.8. The van der Waals surface area contributed by atoms with Gasteiger partial charge < -0.3 is 57.4 Å². The minimum Gasteiger partial charge on any atom is -0.508 e. The van der Waals surface area contributed by atoms with Crippen LogP contribution in [0.2, 0.25) is 0 Å². The molecule has 19 heteroatoms. The maximum Gasteiger partial charge on any atom is 0.330 e. The van der Waals surface area contributed by atoms with Crippen LogP contribution in [-0.2, 0) is 32.0 Å². The van der Waals surface area contributed by atoms with Gasteiger partial charge in [-0.15, -0.1) is 0 Å². The number of rotatable bonds is 19. The lowest BCUT2D eigenvalue weighted by atomic mass is 10.0. The number of ether oxygens (including phenoxy) is 1. The molecular weight excluding hydrogens is 754 g/mol. The van der Waals surface area contributed by atoms with Crippen molar-refractivity contribution in [3.63, 3.8) is 0 Å². The van der Waals surface area contributed by atoms with Crippen molar-refractivity contribution in [2.24, 2.45) is 5.73 Å². The Morgan fingerprint density at radius 3 is 2.36 bits per heavy atom. The molecule has 0 spiro atoms. The predicted molar refractivity (Wildman–Crippen MR) is 211 cm³/mol. The van der Waals surface area contributed by atoms with E-state index in [1.54, 1.807) is 18.3 Å². The van der Waals surface area contributed by atoms with Gasteiger partial charge in [-0.05, 0) is 42.2 Å². The number of carbonyl (C=O) groups is 4. The summed E-state index contributed by atoms with van der Waals surface area (Å²) in [4.78, 5) is 83.0. The number of aromatic nitrogens is 3. The lowest BCUT2D eigenvalue weighted by Gasteiger charge is -2.25. The number of hydrogen-bond donors (Lipinski definition) is 11. The summed E-state index contributed by atoms with van der Waals surface area (Å²) in [5.74, 6) is -2.24. The van der Waals surface area contributed by atoms with E-state index < -0.39 is 90.8 Å². The number of para-hydroxylation sites is 1. The maximum absolute atomic E-state index is 13.9. The molecule has 0 radical (unpaired) electrons. The van der Waals surface area contributed by atoms with Crippen LogP contribution in [0.1, 0.15) is 50.0 Å². The lowest BCUT2D eigenvalue weighted by Crippen LogP contribution is -2.59. The zero-order valence-electron chi connectivity index (χ0n) is 32.0. The fourth-order valence-corrected chi connectivity index (χ4v) is 6.57. The smallest absolute Gasteiger partial charge is 0.330 e. The molecule has 2 aromatic carbocycles. The number of aromatic amines is 2. The van der Waals surface area contributed by atoms with Crippen LogP contribution in [0.5, 0.6) is 5.75 Å². The highest BCUT2D eigenvalue weighted by Gasteiger charge is 2.44. The Kier molecular flexibility index (Phi) is 15.2. The number of phenolic OH excluding ortho intramolecular Hbond substituents is 1. The van der Waals surface area contributed by atoms with Crippen molar-refractivity contribution in [2.75, 3.05) is 19.6 Å². The Morgan fingerprint density at radius 1 is 0.862 bits per heavy atom. The van der Waals surface area contributed by atoms with Crippen LogP contribution in [-0.4, -0.2) is 110 Å². The van der Waals surface area contributed by atoms with Crippen molar-refractivity contribution in [2.45, 2.75) is 88.1 Å². The normalized spacial score (nSPS) is 19.2. The monoisotopic (exact) mass is 805 g/mol. The van der Waals surface area contributed by atoms with Crippen molar-refractivity contribution in [3.05, 3.63) is 99.0 Å². The third-order valence-corrected chi connectivity index (χ3v) is 9.82. The first-order chi connectivity index (χ1) is 27.8. The lowest BCUT2D eigenvalue weighted by molar-refractivity contribution is -0.131. The molecule has 4 aromatic rings. The number of hydrogen-bond acceptors (Lipinski definition) is 11. The Bertz CT molecular complexity index is 2140. The topological polar surface area (TPSA) is 295 Å². The Labute approximate surface area is 332 Å². The number of nitrogens with two attached hydrogens (primary N) is 1. The van der Waals surface area contributed by atoms with E-state index in [1.807, 2.05) is 29.2 Å².